The summed E-state index contributed by atoms with van der Waals surface area (Å²) in [5.74, 6) is 0.603. The van der Waals surface area contributed by atoms with Gasteiger partial charge in [-0.1, -0.05) is 66.7 Å². The topological polar surface area (TPSA) is 84.2 Å². The second kappa shape index (κ2) is 9.95. The van der Waals surface area contributed by atoms with E-state index in [2.05, 4.69) is 20.7 Å². The van der Waals surface area contributed by atoms with Crippen molar-refractivity contribution in [3.63, 3.8) is 0 Å². The molecule has 0 spiro atoms. The Morgan fingerprint density at radius 1 is 0.824 bits per heavy atom. The Morgan fingerprint density at radius 2 is 1.56 bits per heavy atom. The minimum absolute atomic E-state index is 0.219. The average Bonchev–Trinajstić information content (AvgIpc) is 3.34. The largest absolute Gasteiger partial charge is 0.370 e. The molecule has 0 unspecified atom stereocenters. The molecule has 3 aromatic heterocycles. The molecule has 7 heteroatoms. The third-order valence-electron chi connectivity index (χ3n) is 5.41. The molecule has 168 valence electrons. The Bertz CT molecular complexity index is 1380. The fraction of sp³-hybridized carbons (Fsp3) is 0.111. The van der Waals surface area contributed by atoms with Crippen LogP contribution >= 0.6 is 0 Å². The fourth-order valence-electron chi connectivity index (χ4n) is 3.72. The number of hydrogen-bond acceptors (Lipinski definition) is 5. The lowest BCUT2D eigenvalue weighted by molar-refractivity contribution is 0.0948. The molecule has 0 aliphatic heterocycles. The summed E-state index contributed by atoms with van der Waals surface area (Å²) >= 11 is 0. The molecule has 5 aromatic rings. The maximum absolute atomic E-state index is 12.8. The van der Waals surface area contributed by atoms with Crippen LogP contribution in [0.3, 0.4) is 0 Å². The summed E-state index contributed by atoms with van der Waals surface area (Å²) in [6.45, 7) is 1.24. The normalized spacial score (nSPS) is 10.8. The minimum atomic E-state index is -0.219. The lowest BCUT2D eigenvalue weighted by Crippen LogP contribution is -2.26. The van der Waals surface area contributed by atoms with Gasteiger partial charge >= 0.3 is 0 Å². The monoisotopic (exact) mass is 448 g/mol. The van der Waals surface area contributed by atoms with Crippen LogP contribution in [0.4, 0.5) is 5.82 Å². The number of nitrogens with zero attached hydrogens (tertiary/aromatic N) is 4. The van der Waals surface area contributed by atoms with Crippen molar-refractivity contribution in [2.24, 2.45) is 0 Å². The SMILES string of the molecule is O=C(NCCCNc1ccccn1)c1cc2nc(-c3ccccc3)cc(-c3ccccc3)n2n1. The minimum Gasteiger partial charge on any atom is -0.370 e. The van der Waals surface area contributed by atoms with E-state index in [0.29, 0.717) is 24.4 Å². The van der Waals surface area contributed by atoms with Gasteiger partial charge in [0.15, 0.2) is 11.3 Å². The van der Waals surface area contributed by atoms with Crippen LogP contribution in [0.2, 0.25) is 0 Å². The molecule has 0 fully saturated rings. The van der Waals surface area contributed by atoms with E-state index in [1.54, 1.807) is 16.8 Å². The molecule has 0 saturated heterocycles. The van der Waals surface area contributed by atoms with E-state index in [1.807, 2.05) is 84.9 Å². The first-order valence-electron chi connectivity index (χ1n) is 11.2. The highest BCUT2D eigenvalue weighted by atomic mass is 16.1. The van der Waals surface area contributed by atoms with Crippen molar-refractivity contribution in [1.82, 2.24) is 24.9 Å². The van der Waals surface area contributed by atoms with Gasteiger partial charge < -0.3 is 10.6 Å². The number of fused-ring (bicyclic) bond motifs is 1. The highest BCUT2D eigenvalue weighted by Crippen LogP contribution is 2.26. The first-order valence-corrected chi connectivity index (χ1v) is 11.2. The summed E-state index contributed by atoms with van der Waals surface area (Å²) in [6.07, 6.45) is 2.51. The molecule has 3 heterocycles. The first kappa shape index (κ1) is 21.3. The van der Waals surface area contributed by atoms with Crippen LogP contribution in [0, 0.1) is 0 Å². The predicted octanol–water partition coefficient (Wildman–Crippen LogP) is 4.69. The van der Waals surface area contributed by atoms with Gasteiger partial charge in [0.2, 0.25) is 0 Å². The summed E-state index contributed by atoms with van der Waals surface area (Å²) in [7, 11) is 0. The van der Waals surface area contributed by atoms with Crippen LogP contribution in [-0.4, -0.2) is 38.6 Å². The maximum atomic E-state index is 12.8. The zero-order valence-corrected chi connectivity index (χ0v) is 18.6. The lowest BCUT2D eigenvalue weighted by Gasteiger charge is -2.08. The van der Waals surface area contributed by atoms with Crippen molar-refractivity contribution in [1.29, 1.82) is 0 Å². The van der Waals surface area contributed by atoms with E-state index in [1.165, 1.54) is 0 Å². The second-order valence-corrected chi connectivity index (χ2v) is 7.81. The third kappa shape index (κ3) is 4.78. The molecule has 5 rings (SSSR count). The summed E-state index contributed by atoms with van der Waals surface area (Å²) in [4.78, 5) is 21.8. The summed E-state index contributed by atoms with van der Waals surface area (Å²) < 4.78 is 1.74. The first-order chi connectivity index (χ1) is 16.8. The van der Waals surface area contributed by atoms with Gasteiger partial charge in [0.05, 0.1) is 11.4 Å². The number of carbonyl (C=O) groups excluding carboxylic acids is 1. The van der Waals surface area contributed by atoms with E-state index in [0.717, 1.165) is 34.8 Å². The molecular formula is C27H24N6O. The van der Waals surface area contributed by atoms with E-state index in [4.69, 9.17) is 4.98 Å². The number of anilines is 1. The van der Waals surface area contributed by atoms with Gasteiger partial charge in [0, 0.05) is 36.5 Å². The van der Waals surface area contributed by atoms with Crippen LogP contribution in [0.25, 0.3) is 28.2 Å². The van der Waals surface area contributed by atoms with E-state index >= 15 is 0 Å². The number of amides is 1. The van der Waals surface area contributed by atoms with Crippen molar-refractivity contribution in [2.45, 2.75) is 6.42 Å². The molecule has 0 atom stereocenters. The highest BCUT2D eigenvalue weighted by molar-refractivity contribution is 5.93. The molecular weight excluding hydrogens is 424 g/mol. The Labute approximate surface area is 197 Å². The number of nitrogens with one attached hydrogen (secondary N) is 2. The smallest absolute Gasteiger partial charge is 0.271 e. The lowest BCUT2D eigenvalue weighted by atomic mass is 10.1. The van der Waals surface area contributed by atoms with Gasteiger partial charge in [0.25, 0.3) is 5.91 Å². The third-order valence-corrected chi connectivity index (χ3v) is 5.41. The number of pyridine rings is 1. The Hall–Kier alpha value is -4.52. The van der Waals surface area contributed by atoms with Gasteiger partial charge in [-0.05, 0) is 24.6 Å². The van der Waals surface area contributed by atoms with Gasteiger partial charge in [-0.2, -0.15) is 5.10 Å². The number of carbonyl (C=O) groups is 1. The highest BCUT2D eigenvalue weighted by Gasteiger charge is 2.16. The zero-order valence-electron chi connectivity index (χ0n) is 18.6. The van der Waals surface area contributed by atoms with Crippen LogP contribution < -0.4 is 10.6 Å². The van der Waals surface area contributed by atoms with Crippen molar-refractivity contribution >= 4 is 17.4 Å². The number of rotatable bonds is 8. The maximum Gasteiger partial charge on any atom is 0.271 e. The fourth-order valence-corrected chi connectivity index (χ4v) is 3.72. The molecule has 0 saturated carbocycles. The van der Waals surface area contributed by atoms with Crippen molar-refractivity contribution in [3.05, 3.63) is 103 Å². The van der Waals surface area contributed by atoms with Crippen molar-refractivity contribution < 1.29 is 4.79 Å². The van der Waals surface area contributed by atoms with Crippen LogP contribution in [0.15, 0.2) is 97.2 Å². The molecule has 34 heavy (non-hydrogen) atoms. The summed E-state index contributed by atoms with van der Waals surface area (Å²) in [6, 6.07) is 29.5. The number of aromatic nitrogens is 4. The average molecular weight is 449 g/mol. The molecule has 7 nitrogen and oxygen atoms in total. The quantitative estimate of drug-likeness (QED) is 0.337. The molecule has 0 aliphatic carbocycles. The molecule has 0 aliphatic rings. The second-order valence-electron chi connectivity index (χ2n) is 7.81. The molecule has 2 N–H and O–H groups in total. The Kier molecular flexibility index (Phi) is 6.25. The van der Waals surface area contributed by atoms with E-state index in [9.17, 15) is 4.79 Å². The van der Waals surface area contributed by atoms with Crippen LogP contribution in [0.1, 0.15) is 16.9 Å². The molecule has 0 bridgehead atoms. The van der Waals surface area contributed by atoms with Crippen molar-refractivity contribution in [2.75, 3.05) is 18.4 Å². The van der Waals surface area contributed by atoms with E-state index in [-0.39, 0.29) is 5.91 Å². The number of hydrogen-bond donors (Lipinski definition) is 2. The number of benzene rings is 2. The Balaban J connectivity index is 1.35. The van der Waals surface area contributed by atoms with Crippen LogP contribution in [0.5, 0.6) is 0 Å². The molecule has 1 amide bonds. The summed E-state index contributed by atoms with van der Waals surface area (Å²) in [5.41, 5.74) is 4.69. The summed E-state index contributed by atoms with van der Waals surface area (Å²) in [5, 5.41) is 10.8. The van der Waals surface area contributed by atoms with E-state index < -0.39 is 0 Å². The standard InChI is InChI=1S/C27H24N6O/c34-27(30-17-9-16-29-25-14-7-8-15-28-25)23-19-26-31-22(20-10-3-1-4-11-20)18-24(33(26)32-23)21-12-5-2-6-13-21/h1-8,10-15,18-19H,9,16-17H2,(H,28,29)(H,30,34). The zero-order chi connectivity index (χ0) is 23.2. The van der Waals surface area contributed by atoms with Crippen molar-refractivity contribution in [3.8, 4) is 22.5 Å². The predicted molar refractivity (Wildman–Crippen MR) is 134 cm³/mol. The van der Waals surface area contributed by atoms with Gasteiger partial charge in [-0.3, -0.25) is 4.79 Å². The van der Waals surface area contributed by atoms with Gasteiger partial charge in [-0.15, -0.1) is 0 Å². The molecule has 0 radical (unpaired) electrons. The Morgan fingerprint density at radius 3 is 2.29 bits per heavy atom. The van der Waals surface area contributed by atoms with Gasteiger partial charge in [0.1, 0.15) is 5.82 Å². The van der Waals surface area contributed by atoms with Gasteiger partial charge in [-0.25, -0.2) is 14.5 Å². The molecule has 2 aromatic carbocycles. The van der Waals surface area contributed by atoms with Crippen LogP contribution in [-0.2, 0) is 0 Å².